The molecule has 0 fully saturated rings. The number of H-pyrrole nitrogens is 1. The Morgan fingerprint density at radius 3 is 2.49 bits per heavy atom. The van der Waals surface area contributed by atoms with Crippen molar-refractivity contribution in [2.24, 2.45) is 0 Å². The van der Waals surface area contributed by atoms with Crippen molar-refractivity contribution in [2.75, 3.05) is 33.4 Å². The molecule has 0 saturated carbocycles. The van der Waals surface area contributed by atoms with Crippen LogP contribution in [0.1, 0.15) is 22.9 Å². The second-order valence-corrected chi connectivity index (χ2v) is 10.5. The highest BCUT2D eigenvalue weighted by Crippen LogP contribution is 2.40. The quantitative estimate of drug-likeness (QED) is 0.247. The van der Waals surface area contributed by atoms with Gasteiger partial charge in [-0.1, -0.05) is 35.3 Å². The molecule has 4 aromatic rings. The van der Waals surface area contributed by atoms with Gasteiger partial charge in [-0.05, 0) is 72.1 Å². The lowest BCUT2D eigenvalue weighted by Crippen LogP contribution is -2.42. The topological polar surface area (TPSA) is 113 Å². The Balaban J connectivity index is 1.37. The van der Waals surface area contributed by atoms with Crippen molar-refractivity contribution < 1.29 is 28.9 Å². The van der Waals surface area contributed by atoms with Gasteiger partial charge >= 0.3 is 6.09 Å². The molecule has 1 aliphatic rings. The molecule has 0 bridgehead atoms. The molecule has 11 heteroatoms. The molecule has 0 radical (unpaired) electrons. The summed E-state index contributed by atoms with van der Waals surface area (Å²) in [5, 5.41) is 14.9. The summed E-state index contributed by atoms with van der Waals surface area (Å²) >= 11 is 12.3. The largest absolute Gasteiger partial charge is 0.491 e. The van der Waals surface area contributed by atoms with Crippen LogP contribution < -0.4 is 14.8 Å². The fraction of sp³-hybridized carbons (Fsp3) is 0.267. The van der Waals surface area contributed by atoms with Crippen LogP contribution in [0.2, 0.25) is 10.0 Å². The summed E-state index contributed by atoms with van der Waals surface area (Å²) in [5.41, 5.74) is 3.76. The molecule has 2 amide bonds. The smallest absolute Gasteiger partial charge is 0.416 e. The van der Waals surface area contributed by atoms with Gasteiger partial charge in [-0.15, -0.1) is 0 Å². The number of rotatable bonds is 9. The highest BCUT2D eigenvalue weighted by Gasteiger charge is 2.35. The van der Waals surface area contributed by atoms with Crippen LogP contribution in [0.4, 0.5) is 4.79 Å². The zero-order chi connectivity index (χ0) is 28.9. The predicted octanol–water partition coefficient (Wildman–Crippen LogP) is 5.12. The van der Waals surface area contributed by atoms with E-state index in [0.29, 0.717) is 34.5 Å². The van der Waals surface area contributed by atoms with Gasteiger partial charge < -0.3 is 29.6 Å². The summed E-state index contributed by atoms with van der Waals surface area (Å²) < 4.78 is 16.2. The van der Waals surface area contributed by atoms with Crippen molar-refractivity contribution in [3.05, 3.63) is 93.6 Å². The van der Waals surface area contributed by atoms with E-state index in [1.807, 2.05) is 30.3 Å². The molecule has 9 nitrogen and oxygen atoms in total. The lowest BCUT2D eigenvalue weighted by atomic mass is 9.92. The van der Waals surface area contributed by atoms with E-state index in [1.165, 1.54) is 7.11 Å². The first-order chi connectivity index (χ1) is 19.8. The maximum atomic E-state index is 13.5. The van der Waals surface area contributed by atoms with Gasteiger partial charge in [0, 0.05) is 46.8 Å². The molecule has 2 atom stereocenters. The van der Waals surface area contributed by atoms with Gasteiger partial charge in [0.1, 0.15) is 36.9 Å². The standard InChI is InChI=1S/C30H29Cl2N3O6/c1-39-17-27(37)33-15-21(36)16-40-22-7-2-18(3-8-22)29-28-24(25-14-20(32)6-11-26(25)34-28)12-13-35(29)30(38)41-23-9-4-19(31)5-10-23/h2-11,14,21,29,34,36H,12-13,15-17H2,1H3,(H,33,37). The monoisotopic (exact) mass is 597 g/mol. The molecule has 214 valence electrons. The van der Waals surface area contributed by atoms with Crippen molar-refractivity contribution in [3.8, 4) is 11.5 Å². The van der Waals surface area contributed by atoms with Gasteiger partial charge in [0.25, 0.3) is 0 Å². The number of nitrogens with one attached hydrogen (secondary N) is 2. The molecule has 2 unspecified atom stereocenters. The van der Waals surface area contributed by atoms with E-state index in [0.717, 1.165) is 27.7 Å². The number of carbonyl (C=O) groups is 2. The van der Waals surface area contributed by atoms with E-state index in [1.54, 1.807) is 41.3 Å². The fourth-order valence-corrected chi connectivity index (χ4v) is 5.18. The van der Waals surface area contributed by atoms with Crippen LogP contribution in [0, 0.1) is 0 Å². The number of aliphatic hydroxyl groups excluding tert-OH is 1. The van der Waals surface area contributed by atoms with E-state index < -0.39 is 18.2 Å². The summed E-state index contributed by atoms with van der Waals surface area (Å²) in [6.07, 6.45) is -0.756. The third-order valence-electron chi connectivity index (χ3n) is 6.79. The Kier molecular flexibility index (Phi) is 8.99. The van der Waals surface area contributed by atoms with Crippen molar-refractivity contribution >= 4 is 46.1 Å². The molecular weight excluding hydrogens is 569 g/mol. The molecule has 0 aliphatic carbocycles. The predicted molar refractivity (Wildman–Crippen MR) is 156 cm³/mol. The number of hydrogen-bond acceptors (Lipinski definition) is 6. The number of hydrogen-bond donors (Lipinski definition) is 3. The molecule has 0 spiro atoms. The number of aromatic amines is 1. The lowest BCUT2D eigenvalue weighted by Gasteiger charge is -2.35. The van der Waals surface area contributed by atoms with Crippen LogP contribution in [-0.4, -0.2) is 66.5 Å². The molecule has 2 heterocycles. The highest BCUT2D eigenvalue weighted by molar-refractivity contribution is 6.31. The number of carbonyl (C=O) groups excluding carboxylic acids is 2. The van der Waals surface area contributed by atoms with Crippen LogP contribution in [0.15, 0.2) is 66.7 Å². The van der Waals surface area contributed by atoms with Crippen molar-refractivity contribution in [2.45, 2.75) is 18.6 Å². The van der Waals surface area contributed by atoms with Gasteiger partial charge in [-0.25, -0.2) is 4.79 Å². The number of ether oxygens (including phenoxy) is 3. The Hall–Kier alpha value is -3.76. The third kappa shape index (κ3) is 6.77. The summed E-state index contributed by atoms with van der Waals surface area (Å²) in [6, 6.07) is 19.2. The van der Waals surface area contributed by atoms with Crippen molar-refractivity contribution in [1.29, 1.82) is 0 Å². The molecule has 1 aromatic heterocycles. The summed E-state index contributed by atoms with van der Waals surface area (Å²) in [6.45, 7) is 0.386. The average Bonchev–Trinajstić information content (AvgIpc) is 3.34. The molecular formula is C30H29Cl2N3O6. The summed E-state index contributed by atoms with van der Waals surface area (Å²) in [4.78, 5) is 30.2. The number of methoxy groups -OCH3 is 1. The van der Waals surface area contributed by atoms with E-state index in [2.05, 4.69) is 10.3 Å². The molecule has 5 rings (SSSR count). The SMILES string of the molecule is COCC(=O)NCC(O)COc1ccc(C2c3[nH]c4ccc(Cl)cc4c3CCN2C(=O)Oc2ccc(Cl)cc2)cc1. The second-order valence-electron chi connectivity index (χ2n) is 9.65. The first kappa shape index (κ1) is 28.8. The van der Waals surface area contributed by atoms with Crippen LogP contribution in [0.25, 0.3) is 10.9 Å². The lowest BCUT2D eigenvalue weighted by molar-refractivity contribution is -0.125. The second kappa shape index (κ2) is 12.8. The zero-order valence-electron chi connectivity index (χ0n) is 22.2. The van der Waals surface area contributed by atoms with Crippen LogP contribution in [-0.2, 0) is 16.0 Å². The van der Waals surface area contributed by atoms with E-state index in [4.69, 9.17) is 37.4 Å². The minimum absolute atomic E-state index is 0.0114. The molecule has 3 N–H and O–H groups in total. The third-order valence-corrected chi connectivity index (χ3v) is 7.28. The molecule has 0 saturated heterocycles. The summed E-state index contributed by atoms with van der Waals surface area (Å²) in [5.74, 6) is 0.611. The molecule has 41 heavy (non-hydrogen) atoms. The Morgan fingerprint density at radius 2 is 1.76 bits per heavy atom. The van der Waals surface area contributed by atoms with Gasteiger partial charge in [0.2, 0.25) is 5.91 Å². The Labute approximate surface area is 246 Å². The maximum Gasteiger partial charge on any atom is 0.416 e. The Morgan fingerprint density at radius 1 is 1.05 bits per heavy atom. The molecule has 3 aromatic carbocycles. The number of benzene rings is 3. The minimum Gasteiger partial charge on any atom is -0.491 e. The number of nitrogens with zero attached hydrogens (tertiary/aromatic N) is 1. The molecule has 1 aliphatic heterocycles. The first-order valence-corrected chi connectivity index (χ1v) is 13.8. The van der Waals surface area contributed by atoms with E-state index in [9.17, 15) is 14.7 Å². The number of aliphatic hydroxyl groups is 1. The number of amides is 2. The highest BCUT2D eigenvalue weighted by atomic mass is 35.5. The van der Waals surface area contributed by atoms with Gasteiger partial charge in [0.15, 0.2) is 0 Å². The average molecular weight is 598 g/mol. The summed E-state index contributed by atoms with van der Waals surface area (Å²) in [7, 11) is 1.42. The first-order valence-electron chi connectivity index (χ1n) is 13.0. The van der Waals surface area contributed by atoms with Crippen LogP contribution >= 0.6 is 23.2 Å². The van der Waals surface area contributed by atoms with Crippen LogP contribution in [0.3, 0.4) is 0 Å². The fourth-order valence-electron chi connectivity index (χ4n) is 4.88. The van der Waals surface area contributed by atoms with Gasteiger partial charge in [-0.3, -0.25) is 9.69 Å². The minimum atomic E-state index is -0.896. The van der Waals surface area contributed by atoms with Gasteiger partial charge in [0.05, 0.1) is 0 Å². The number of halogens is 2. The van der Waals surface area contributed by atoms with Gasteiger partial charge in [-0.2, -0.15) is 0 Å². The van der Waals surface area contributed by atoms with Crippen molar-refractivity contribution in [3.63, 3.8) is 0 Å². The zero-order valence-corrected chi connectivity index (χ0v) is 23.7. The van der Waals surface area contributed by atoms with E-state index in [-0.39, 0.29) is 25.7 Å². The van der Waals surface area contributed by atoms with Crippen LogP contribution in [0.5, 0.6) is 11.5 Å². The van der Waals surface area contributed by atoms with E-state index >= 15 is 0 Å². The normalized spacial score (nSPS) is 15.3. The number of aromatic nitrogens is 1. The Bertz CT molecular complexity index is 1520. The maximum absolute atomic E-state index is 13.5. The number of fused-ring (bicyclic) bond motifs is 3. The van der Waals surface area contributed by atoms with Crippen molar-refractivity contribution in [1.82, 2.24) is 15.2 Å².